The summed E-state index contributed by atoms with van der Waals surface area (Å²) in [6.45, 7) is 0.719. The van der Waals surface area contributed by atoms with E-state index < -0.39 is 0 Å². The minimum Gasteiger partial charge on any atom is -0.381 e. The Balaban J connectivity index is 2.13. The molecule has 1 rings (SSSR count). The predicted octanol–water partition coefficient (Wildman–Crippen LogP) is 2.57. The van der Waals surface area contributed by atoms with Crippen molar-refractivity contribution in [3.05, 3.63) is 12.2 Å². The molecule has 0 saturated heterocycles. The molecule has 0 aliphatic heterocycles. The molecule has 1 nitrogen and oxygen atoms in total. The molecule has 1 saturated carbocycles. The Kier molecular flexibility index (Phi) is 4.29. The minimum atomic E-state index is 0.719. The van der Waals surface area contributed by atoms with Crippen molar-refractivity contribution < 1.29 is 4.74 Å². The minimum absolute atomic E-state index is 0.719. The summed E-state index contributed by atoms with van der Waals surface area (Å²) in [5, 5.41) is 0. The Bertz CT molecular complexity index is 112. The van der Waals surface area contributed by atoms with E-state index in [9.17, 15) is 0 Å². The van der Waals surface area contributed by atoms with Crippen LogP contribution in [0.5, 0.6) is 0 Å². The van der Waals surface area contributed by atoms with Crippen molar-refractivity contribution >= 4 is 0 Å². The standard InChI is InChI=1S/C10H17O/c1-11-9-5-8-10-6-3-2-4-7-10/h5,10H,2-4,6-7,9H2,1H3. The van der Waals surface area contributed by atoms with E-state index in [4.69, 9.17) is 4.74 Å². The Morgan fingerprint density at radius 3 is 2.73 bits per heavy atom. The largest absolute Gasteiger partial charge is 0.381 e. The molecule has 11 heavy (non-hydrogen) atoms. The first-order valence-corrected chi connectivity index (χ1v) is 4.50. The van der Waals surface area contributed by atoms with Crippen LogP contribution in [0, 0.1) is 12.0 Å². The summed E-state index contributed by atoms with van der Waals surface area (Å²) in [6.07, 6.45) is 12.3. The normalized spacial score (nSPS) is 21.2. The van der Waals surface area contributed by atoms with Gasteiger partial charge in [-0.15, -0.1) is 0 Å². The van der Waals surface area contributed by atoms with Gasteiger partial charge in [0.1, 0.15) is 0 Å². The summed E-state index contributed by atoms with van der Waals surface area (Å²) in [5.74, 6) is 0.721. The molecule has 0 atom stereocenters. The van der Waals surface area contributed by atoms with Crippen LogP contribution in [0.2, 0.25) is 0 Å². The molecule has 0 aromatic carbocycles. The van der Waals surface area contributed by atoms with E-state index in [0.29, 0.717) is 0 Å². The molecule has 0 heterocycles. The molecular formula is C10H17O. The zero-order chi connectivity index (χ0) is 7.94. The van der Waals surface area contributed by atoms with E-state index in [2.05, 4.69) is 6.08 Å². The van der Waals surface area contributed by atoms with Crippen LogP contribution in [0.3, 0.4) is 0 Å². The summed E-state index contributed by atoms with van der Waals surface area (Å²) in [4.78, 5) is 0. The lowest BCUT2D eigenvalue weighted by Crippen LogP contribution is -2.03. The average Bonchev–Trinajstić information content (AvgIpc) is 2.07. The average molecular weight is 153 g/mol. The van der Waals surface area contributed by atoms with Gasteiger partial charge in [-0.1, -0.05) is 25.3 Å². The van der Waals surface area contributed by atoms with Crippen molar-refractivity contribution in [3.63, 3.8) is 0 Å². The van der Waals surface area contributed by atoms with E-state index in [1.54, 1.807) is 7.11 Å². The molecule has 63 valence electrons. The van der Waals surface area contributed by atoms with Gasteiger partial charge in [0.05, 0.1) is 6.61 Å². The van der Waals surface area contributed by atoms with Gasteiger partial charge < -0.3 is 4.74 Å². The summed E-state index contributed by atoms with van der Waals surface area (Å²) in [5.41, 5.74) is 0. The Morgan fingerprint density at radius 1 is 1.36 bits per heavy atom. The first kappa shape index (κ1) is 8.79. The van der Waals surface area contributed by atoms with Crippen LogP contribution < -0.4 is 0 Å². The topological polar surface area (TPSA) is 9.23 Å². The number of hydrogen-bond donors (Lipinski definition) is 0. The van der Waals surface area contributed by atoms with Gasteiger partial charge in [-0.3, -0.25) is 0 Å². The molecule has 0 aromatic rings. The number of ether oxygens (including phenoxy) is 1. The van der Waals surface area contributed by atoms with Crippen molar-refractivity contribution in [1.82, 2.24) is 0 Å². The maximum absolute atomic E-state index is 4.91. The maximum atomic E-state index is 4.91. The highest BCUT2D eigenvalue weighted by atomic mass is 16.5. The van der Waals surface area contributed by atoms with Gasteiger partial charge in [-0.2, -0.15) is 0 Å². The fourth-order valence-corrected chi connectivity index (χ4v) is 1.57. The third-order valence-electron chi connectivity index (χ3n) is 2.21. The highest BCUT2D eigenvalue weighted by Crippen LogP contribution is 2.23. The van der Waals surface area contributed by atoms with Gasteiger partial charge in [0.2, 0.25) is 0 Å². The van der Waals surface area contributed by atoms with E-state index >= 15 is 0 Å². The Morgan fingerprint density at radius 2 is 2.09 bits per heavy atom. The van der Waals surface area contributed by atoms with Gasteiger partial charge in [0.15, 0.2) is 0 Å². The second-order valence-corrected chi connectivity index (χ2v) is 3.16. The molecule has 0 spiro atoms. The van der Waals surface area contributed by atoms with Crippen LogP contribution in [0.1, 0.15) is 32.1 Å². The molecule has 0 aromatic heterocycles. The van der Waals surface area contributed by atoms with Gasteiger partial charge in [0, 0.05) is 7.11 Å². The molecule has 0 unspecified atom stereocenters. The van der Waals surface area contributed by atoms with E-state index in [1.165, 1.54) is 32.1 Å². The van der Waals surface area contributed by atoms with Gasteiger partial charge >= 0.3 is 0 Å². The summed E-state index contributed by atoms with van der Waals surface area (Å²) in [7, 11) is 1.72. The SMILES string of the molecule is COC/C=[C]\C1CCCCC1. The molecule has 1 radical (unpaired) electrons. The lowest BCUT2D eigenvalue weighted by molar-refractivity contribution is 0.232. The maximum Gasteiger partial charge on any atom is 0.0649 e. The number of rotatable bonds is 3. The van der Waals surface area contributed by atoms with Gasteiger partial charge in [-0.05, 0) is 24.8 Å². The molecule has 0 bridgehead atoms. The van der Waals surface area contributed by atoms with Crippen molar-refractivity contribution in [3.8, 4) is 0 Å². The third kappa shape index (κ3) is 3.57. The summed E-state index contributed by atoms with van der Waals surface area (Å²) in [6, 6.07) is 0. The van der Waals surface area contributed by atoms with Crippen LogP contribution in [-0.2, 0) is 4.74 Å². The second-order valence-electron chi connectivity index (χ2n) is 3.16. The molecule has 1 heteroatoms. The highest BCUT2D eigenvalue weighted by Gasteiger charge is 2.09. The molecular weight excluding hydrogens is 136 g/mol. The molecule has 1 aliphatic rings. The van der Waals surface area contributed by atoms with Crippen molar-refractivity contribution in [2.75, 3.05) is 13.7 Å². The zero-order valence-electron chi connectivity index (χ0n) is 7.31. The lowest BCUT2D eigenvalue weighted by atomic mass is 9.89. The summed E-state index contributed by atoms with van der Waals surface area (Å²) >= 11 is 0. The van der Waals surface area contributed by atoms with E-state index in [-0.39, 0.29) is 0 Å². The highest BCUT2D eigenvalue weighted by molar-refractivity contribution is 4.82. The van der Waals surface area contributed by atoms with Crippen molar-refractivity contribution in [2.45, 2.75) is 32.1 Å². The van der Waals surface area contributed by atoms with Crippen LogP contribution >= 0.6 is 0 Å². The van der Waals surface area contributed by atoms with Crippen LogP contribution in [-0.4, -0.2) is 13.7 Å². The first-order valence-electron chi connectivity index (χ1n) is 4.50. The predicted molar refractivity (Wildman–Crippen MR) is 46.3 cm³/mol. The van der Waals surface area contributed by atoms with Crippen molar-refractivity contribution in [1.29, 1.82) is 0 Å². The Labute approximate surface area is 69.4 Å². The Hall–Kier alpha value is -0.300. The molecule has 1 aliphatic carbocycles. The van der Waals surface area contributed by atoms with Gasteiger partial charge in [-0.25, -0.2) is 0 Å². The second kappa shape index (κ2) is 5.36. The zero-order valence-corrected chi connectivity index (χ0v) is 7.31. The number of allylic oxidation sites excluding steroid dienone is 1. The van der Waals surface area contributed by atoms with Crippen LogP contribution in [0.25, 0.3) is 0 Å². The molecule has 0 N–H and O–H groups in total. The lowest BCUT2D eigenvalue weighted by Gasteiger charge is -2.16. The van der Waals surface area contributed by atoms with Crippen LogP contribution in [0.15, 0.2) is 6.08 Å². The van der Waals surface area contributed by atoms with E-state index in [1.807, 2.05) is 6.08 Å². The first-order chi connectivity index (χ1) is 5.43. The summed E-state index contributed by atoms with van der Waals surface area (Å²) < 4.78 is 4.91. The quantitative estimate of drug-likeness (QED) is 0.605. The smallest absolute Gasteiger partial charge is 0.0649 e. The molecule has 1 fully saturated rings. The van der Waals surface area contributed by atoms with Crippen LogP contribution in [0.4, 0.5) is 0 Å². The fraction of sp³-hybridized carbons (Fsp3) is 0.800. The monoisotopic (exact) mass is 153 g/mol. The third-order valence-corrected chi connectivity index (χ3v) is 2.21. The number of methoxy groups -OCH3 is 1. The van der Waals surface area contributed by atoms with Crippen molar-refractivity contribution in [2.24, 2.45) is 5.92 Å². The fourth-order valence-electron chi connectivity index (χ4n) is 1.57. The van der Waals surface area contributed by atoms with E-state index in [0.717, 1.165) is 12.5 Å². The molecule has 0 amide bonds. The number of hydrogen-bond acceptors (Lipinski definition) is 1. The van der Waals surface area contributed by atoms with Gasteiger partial charge in [0.25, 0.3) is 0 Å².